The fourth-order valence-corrected chi connectivity index (χ4v) is 1.31. The van der Waals surface area contributed by atoms with E-state index in [1.54, 1.807) is 0 Å². The molecule has 0 heterocycles. The second kappa shape index (κ2) is 8.52. The van der Waals surface area contributed by atoms with Crippen LogP contribution in [0.1, 0.15) is 52.9 Å². The highest BCUT2D eigenvalue weighted by atomic mass is 16.3. The zero-order valence-corrected chi connectivity index (χ0v) is 9.34. The predicted molar refractivity (Wildman–Crippen MR) is 57.9 cm³/mol. The molecule has 0 radical (unpaired) electrons. The van der Waals surface area contributed by atoms with E-state index in [0.717, 1.165) is 19.4 Å². The van der Waals surface area contributed by atoms with Crippen molar-refractivity contribution in [3.63, 3.8) is 0 Å². The van der Waals surface area contributed by atoms with Gasteiger partial charge in [-0.2, -0.15) is 0 Å². The van der Waals surface area contributed by atoms with Crippen molar-refractivity contribution >= 4 is 0 Å². The van der Waals surface area contributed by atoms with Crippen molar-refractivity contribution in [2.24, 2.45) is 0 Å². The van der Waals surface area contributed by atoms with Crippen LogP contribution >= 0.6 is 0 Å². The molecule has 0 bridgehead atoms. The van der Waals surface area contributed by atoms with Crippen LogP contribution < -0.4 is 5.32 Å². The van der Waals surface area contributed by atoms with E-state index in [1.807, 2.05) is 6.92 Å². The molecule has 2 N–H and O–H groups in total. The van der Waals surface area contributed by atoms with Gasteiger partial charge in [-0.25, -0.2) is 0 Å². The van der Waals surface area contributed by atoms with Crippen LogP contribution in [0.3, 0.4) is 0 Å². The number of hydrogen-bond acceptors (Lipinski definition) is 2. The summed E-state index contributed by atoms with van der Waals surface area (Å²) in [6, 6.07) is 0.601. The molecule has 0 aliphatic heterocycles. The average molecular weight is 187 g/mol. The maximum Gasteiger partial charge on any atom is 0.0549 e. The van der Waals surface area contributed by atoms with Gasteiger partial charge in [-0.3, -0.25) is 0 Å². The normalized spacial score (nSPS) is 15.7. The van der Waals surface area contributed by atoms with Gasteiger partial charge in [0.25, 0.3) is 0 Å². The van der Waals surface area contributed by atoms with Crippen molar-refractivity contribution in [2.75, 3.05) is 6.54 Å². The molecule has 0 spiro atoms. The lowest BCUT2D eigenvalue weighted by Gasteiger charge is -2.14. The summed E-state index contributed by atoms with van der Waals surface area (Å²) in [6.45, 7) is 7.40. The standard InChI is InChI=1S/C11H25NO/c1-4-6-7-10(3)12-9-8-11(13)5-2/h10-13H,4-9H2,1-3H3. The summed E-state index contributed by atoms with van der Waals surface area (Å²) in [7, 11) is 0. The third-order valence-corrected chi connectivity index (χ3v) is 2.43. The van der Waals surface area contributed by atoms with E-state index in [2.05, 4.69) is 19.2 Å². The third kappa shape index (κ3) is 8.26. The van der Waals surface area contributed by atoms with Crippen molar-refractivity contribution in [2.45, 2.75) is 65.0 Å². The summed E-state index contributed by atoms with van der Waals surface area (Å²) in [5, 5.41) is 12.7. The summed E-state index contributed by atoms with van der Waals surface area (Å²) in [6.07, 6.45) is 5.44. The van der Waals surface area contributed by atoms with Crippen LogP contribution in [0.15, 0.2) is 0 Å². The molecule has 0 aliphatic carbocycles. The molecule has 0 fully saturated rings. The van der Waals surface area contributed by atoms with Gasteiger partial charge in [0.05, 0.1) is 6.10 Å². The number of unbranched alkanes of at least 4 members (excludes halogenated alkanes) is 1. The van der Waals surface area contributed by atoms with E-state index in [0.29, 0.717) is 6.04 Å². The van der Waals surface area contributed by atoms with Crippen LogP contribution in [0, 0.1) is 0 Å². The Balaban J connectivity index is 3.21. The molecule has 2 heteroatoms. The fraction of sp³-hybridized carbons (Fsp3) is 1.00. The second-order valence-electron chi connectivity index (χ2n) is 3.85. The van der Waals surface area contributed by atoms with E-state index < -0.39 is 0 Å². The maximum absolute atomic E-state index is 9.31. The minimum Gasteiger partial charge on any atom is -0.393 e. The molecule has 2 unspecified atom stereocenters. The minimum absolute atomic E-state index is 0.120. The molecular formula is C11H25NO. The molecule has 0 rings (SSSR count). The van der Waals surface area contributed by atoms with E-state index in [9.17, 15) is 5.11 Å². The molecule has 0 aliphatic rings. The van der Waals surface area contributed by atoms with Crippen LogP contribution in [0.2, 0.25) is 0 Å². The van der Waals surface area contributed by atoms with Crippen molar-refractivity contribution in [3.8, 4) is 0 Å². The van der Waals surface area contributed by atoms with Gasteiger partial charge in [0.15, 0.2) is 0 Å². The summed E-state index contributed by atoms with van der Waals surface area (Å²) < 4.78 is 0. The topological polar surface area (TPSA) is 32.3 Å². The first-order valence-corrected chi connectivity index (χ1v) is 5.62. The van der Waals surface area contributed by atoms with Gasteiger partial charge in [0, 0.05) is 6.04 Å². The Hall–Kier alpha value is -0.0800. The lowest BCUT2D eigenvalue weighted by Crippen LogP contribution is -2.28. The highest BCUT2D eigenvalue weighted by Gasteiger charge is 2.02. The summed E-state index contributed by atoms with van der Waals surface area (Å²) in [5.74, 6) is 0. The predicted octanol–water partition coefficient (Wildman–Crippen LogP) is 2.32. The van der Waals surface area contributed by atoms with Gasteiger partial charge < -0.3 is 10.4 Å². The van der Waals surface area contributed by atoms with E-state index >= 15 is 0 Å². The Bertz CT molecular complexity index is 106. The van der Waals surface area contributed by atoms with E-state index in [-0.39, 0.29) is 6.10 Å². The molecule has 0 aromatic heterocycles. The Morgan fingerprint density at radius 3 is 2.46 bits per heavy atom. The quantitative estimate of drug-likeness (QED) is 0.611. The Labute approximate surface area is 82.7 Å². The molecule has 2 nitrogen and oxygen atoms in total. The van der Waals surface area contributed by atoms with Crippen molar-refractivity contribution in [1.29, 1.82) is 0 Å². The lowest BCUT2D eigenvalue weighted by molar-refractivity contribution is 0.158. The van der Waals surface area contributed by atoms with Crippen LogP contribution in [0.25, 0.3) is 0 Å². The number of hydrogen-bond donors (Lipinski definition) is 2. The number of nitrogens with one attached hydrogen (secondary N) is 1. The van der Waals surface area contributed by atoms with Gasteiger partial charge >= 0.3 is 0 Å². The van der Waals surface area contributed by atoms with Crippen molar-refractivity contribution in [3.05, 3.63) is 0 Å². The SMILES string of the molecule is CCCCC(C)NCCC(O)CC. The van der Waals surface area contributed by atoms with Crippen LogP contribution in [0.5, 0.6) is 0 Å². The first-order valence-electron chi connectivity index (χ1n) is 5.62. The van der Waals surface area contributed by atoms with Gasteiger partial charge in [-0.1, -0.05) is 26.7 Å². The van der Waals surface area contributed by atoms with Gasteiger partial charge in [0.1, 0.15) is 0 Å². The highest BCUT2D eigenvalue weighted by Crippen LogP contribution is 2.00. The maximum atomic E-state index is 9.31. The van der Waals surface area contributed by atoms with Gasteiger partial charge in [-0.05, 0) is 32.7 Å². The minimum atomic E-state index is -0.120. The second-order valence-corrected chi connectivity index (χ2v) is 3.85. The number of rotatable bonds is 8. The smallest absolute Gasteiger partial charge is 0.0549 e. The third-order valence-electron chi connectivity index (χ3n) is 2.43. The fourth-order valence-electron chi connectivity index (χ4n) is 1.31. The average Bonchev–Trinajstić information content (AvgIpc) is 2.14. The van der Waals surface area contributed by atoms with Crippen molar-refractivity contribution in [1.82, 2.24) is 5.32 Å². The van der Waals surface area contributed by atoms with Crippen LogP contribution in [0.4, 0.5) is 0 Å². The zero-order valence-electron chi connectivity index (χ0n) is 9.34. The molecule has 0 saturated carbocycles. The Morgan fingerprint density at radius 2 is 1.92 bits per heavy atom. The largest absolute Gasteiger partial charge is 0.393 e. The zero-order chi connectivity index (χ0) is 10.1. The van der Waals surface area contributed by atoms with E-state index in [1.165, 1.54) is 19.3 Å². The van der Waals surface area contributed by atoms with Crippen LogP contribution in [-0.2, 0) is 0 Å². The highest BCUT2D eigenvalue weighted by molar-refractivity contribution is 4.62. The summed E-state index contributed by atoms with van der Waals surface area (Å²) in [5.41, 5.74) is 0. The first kappa shape index (κ1) is 12.9. The van der Waals surface area contributed by atoms with Gasteiger partial charge in [0.2, 0.25) is 0 Å². The molecule has 2 atom stereocenters. The monoisotopic (exact) mass is 187 g/mol. The molecule has 13 heavy (non-hydrogen) atoms. The summed E-state index contributed by atoms with van der Waals surface area (Å²) >= 11 is 0. The number of aliphatic hydroxyl groups is 1. The Kier molecular flexibility index (Phi) is 8.46. The van der Waals surface area contributed by atoms with Gasteiger partial charge in [-0.15, -0.1) is 0 Å². The lowest BCUT2D eigenvalue weighted by atomic mass is 10.1. The molecule has 0 amide bonds. The molecule has 80 valence electrons. The number of aliphatic hydroxyl groups excluding tert-OH is 1. The molecule has 0 saturated heterocycles. The Morgan fingerprint density at radius 1 is 1.23 bits per heavy atom. The molecule has 0 aromatic rings. The molecular weight excluding hydrogens is 162 g/mol. The molecule has 0 aromatic carbocycles. The van der Waals surface area contributed by atoms with Crippen molar-refractivity contribution < 1.29 is 5.11 Å². The van der Waals surface area contributed by atoms with Crippen LogP contribution in [-0.4, -0.2) is 23.8 Å². The first-order chi connectivity index (χ1) is 6.20. The van der Waals surface area contributed by atoms with E-state index in [4.69, 9.17) is 0 Å². The summed E-state index contributed by atoms with van der Waals surface area (Å²) in [4.78, 5) is 0.